The van der Waals surface area contributed by atoms with E-state index in [1.54, 1.807) is 42.2 Å². The molecule has 1 aliphatic rings. The second-order valence-corrected chi connectivity index (χ2v) is 13.8. The number of nitrogens with one attached hydrogen (secondary N) is 1. The zero-order valence-electron chi connectivity index (χ0n) is 24.8. The van der Waals surface area contributed by atoms with Crippen LogP contribution in [0.15, 0.2) is 71.6 Å². The van der Waals surface area contributed by atoms with E-state index >= 15 is 0 Å². The predicted molar refractivity (Wildman–Crippen MR) is 168 cm³/mol. The van der Waals surface area contributed by atoms with Crippen molar-refractivity contribution >= 4 is 49.1 Å². The Morgan fingerprint density at radius 1 is 1.18 bits per heavy atom. The lowest BCUT2D eigenvalue weighted by molar-refractivity contribution is 0.0388. The van der Waals surface area contributed by atoms with Gasteiger partial charge >= 0.3 is 0 Å². The summed E-state index contributed by atoms with van der Waals surface area (Å²) >= 11 is 1.24. The molecule has 0 saturated heterocycles. The summed E-state index contributed by atoms with van der Waals surface area (Å²) in [7, 11) is -0.938. The van der Waals surface area contributed by atoms with Gasteiger partial charge in [-0.1, -0.05) is 25.1 Å². The van der Waals surface area contributed by atoms with Gasteiger partial charge in [-0.05, 0) is 55.5 Å². The van der Waals surface area contributed by atoms with E-state index in [4.69, 9.17) is 9.47 Å². The number of nitrogens with zero attached hydrogens (tertiary/aromatic N) is 3. The van der Waals surface area contributed by atoms with Crippen LogP contribution >= 0.6 is 11.3 Å². The van der Waals surface area contributed by atoms with Crippen LogP contribution in [0.3, 0.4) is 0 Å². The van der Waals surface area contributed by atoms with Gasteiger partial charge in [-0.2, -0.15) is 4.31 Å². The largest absolute Gasteiger partial charge is 0.497 e. The molecule has 0 aliphatic carbocycles. The Labute approximate surface area is 260 Å². The summed E-state index contributed by atoms with van der Waals surface area (Å²) in [4.78, 5) is 33.2. The number of aromatic nitrogens is 1. The minimum Gasteiger partial charge on any atom is -0.497 e. The average Bonchev–Trinajstić information content (AvgIpc) is 3.47. The van der Waals surface area contributed by atoms with Gasteiger partial charge in [0.2, 0.25) is 10.0 Å². The molecule has 2 N–H and O–H groups in total. The third-order valence-electron chi connectivity index (χ3n) is 7.63. The molecule has 0 bridgehead atoms. The second-order valence-electron chi connectivity index (χ2n) is 10.7. The zero-order chi connectivity index (χ0) is 31.6. The number of hydrogen-bond donors (Lipinski definition) is 2. The average molecular weight is 639 g/mol. The number of fused-ring (bicyclic) bond motifs is 2. The first-order chi connectivity index (χ1) is 21.0. The molecule has 1 aliphatic heterocycles. The Hall–Kier alpha value is -4.04. The van der Waals surface area contributed by atoms with Gasteiger partial charge in [-0.25, -0.2) is 13.4 Å². The van der Waals surface area contributed by atoms with Crippen molar-refractivity contribution in [2.45, 2.75) is 30.9 Å². The quantitative estimate of drug-likeness (QED) is 0.280. The number of aliphatic hydroxyl groups excluding tert-OH is 1. The SMILES string of the molecule is COc1ccc(S(=O)(=O)N(C)C[C@H]2Oc3c(NC(=O)c4nc5ccccc5s4)cccc3C(=O)N([C@H](C)CO)C[C@@H]2C)cc1. The number of aliphatic hydroxyl groups is 1. The Morgan fingerprint density at radius 3 is 2.59 bits per heavy atom. The van der Waals surface area contributed by atoms with Gasteiger partial charge in [0.05, 0.1) is 52.7 Å². The van der Waals surface area contributed by atoms with Crippen molar-refractivity contribution in [2.24, 2.45) is 5.92 Å². The van der Waals surface area contributed by atoms with Gasteiger partial charge in [-0.3, -0.25) is 9.59 Å². The molecule has 44 heavy (non-hydrogen) atoms. The van der Waals surface area contributed by atoms with E-state index in [0.29, 0.717) is 11.3 Å². The normalized spacial score (nSPS) is 17.9. The van der Waals surface area contributed by atoms with Crippen LogP contribution in [0.1, 0.15) is 34.0 Å². The van der Waals surface area contributed by atoms with Gasteiger partial charge < -0.3 is 24.8 Å². The number of carbonyl (C=O) groups is 2. The van der Waals surface area contributed by atoms with Crippen molar-refractivity contribution in [3.05, 3.63) is 77.3 Å². The van der Waals surface area contributed by atoms with Gasteiger partial charge in [0, 0.05) is 19.5 Å². The first-order valence-electron chi connectivity index (χ1n) is 14.0. The highest BCUT2D eigenvalue weighted by Crippen LogP contribution is 2.36. The number of sulfonamides is 1. The molecule has 11 nitrogen and oxygen atoms in total. The van der Waals surface area contributed by atoms with Gasteiger partial charge in [0.15, 0.2) is 10.8 Å². The molecule has 0 saturated carbocycles. The number of amides is 2. The van der Waals surface area contributed by atoms with E-state index in [-0.39, 0.29) is 58.4 Å². The Kier molecular flexibility index (Phi) is 9.20. The highest BCUT2D eigenvalue weighted by Gasteiger charge is 2.36. The van der Waals surface area contributed by atoms with Crippen LogP contribution in [0.4, 0.5) is 5.69 Å². The van der Waals surface area contributed by atoms with E-state index in [9.17, 15) is 23.1 Å². The van der Waals surface area contributed by atoms with Crippen LogP contribution in [0.2, 0.25) is 0 Å². The van der Waals surface area contributed by atoms with Crippen LogP contribution in [0, 0.1) is 5.92 Å². The first kappa shape index (κ1) is 31.4. The molecular formula is C31H34N4O7S2. The number of anilines is 1. The molecule has 0 spiro atoms. The number of carbonyl (C=O) groups excluding carboxylic acids is 2. The lowest BCUT2D eigenvalue weighted by Gasteiger charge is -2.38. The van der Waals surface area contributed by atoms with Crippen LogP contribution in [-0.2, 0) is 10.0 Å². The molecule has 2 heterocycles. The monoisotopic (exact) mass is 638 g/mol. The van der Waals surface area contributed by atoms with Crippen molar-refractivity contribution in [1.82, 2.24) is 14.2 Å². The summed E-state index contributed by atoms with van der Waals surface area (Å²) in [5.74, 6) is -0.552. The number of rotatable bonds is 9. The fraction of sp³-hybridized carbons (Fsp3) is 0.323. The topological polar surface area (TPSA) is 138 Å². The van der Waals surface area contributed by atoms with Crippen molar-refractivity contribution < 1.29 is 32.6 Å². The molecule has 13 heteroatoms. The molecule has 0 fully saturated rings. The number of thiazole rings is 1. The van der Waals surface area contributed by atoms with E-state index in [1.165, 1.54) is 41.9 Å². The smallest absolute Gasteiger partial charge is 0.284 e. The molecule has 0 radical (unpaired) electrons. The highest BCUT2D eigenvalue weighted by molar-refractivity contribution is 7.89. The number of likely N-dealkylation sites (N-methyl/N-ethyl adjacent to an activating group) is 1. The maximum Gasteiger partial charge on any atom is 0.284 e. The predicted octanol–water partition coefficient (Wildman–Crippen LogP) is 4.10. The Balaban J connectivity index is 1.50. The number of ether oxygens (including phenoxy) is 2. The highest BCUT2D eigenvalue weighted by atomic mass is 32.2. The maximum absolute atomic E-state index is 13.8. The molecule has 2 amide bonds. The minimum atomic E-state index is -3.91. The van der Waals surface area contributed by atoms with Crippen molar-refractivity contribution in [1.29, 1.82) is 0 Å². The van der Waals surface area contributed by atoms with Gasteiger partial charge in [-0.15, -0.1) is 11.3 Å². The van der Waals surface area contributed by atoms with Crippen molar-refractivity contribution in [3.8, 4) is 11.5 Å². The van der Waals surface area contributed by atoms with E-state index in [0.717, 1.165) is 4.70 Å². The molecule has 4 aromatic rings. The van der Waals surface area contributed by atoms with Crippen molar-refractivity contribution in [3.63, 3.8) is 0 Å². The van der Waals surface area contributed by atoms with Crippen LogP contribution in [0.5, 0.6) is 11.5 Å². The van der Waals surface area contributed by atoms with E-state index in [2.05, 4.69) is 10.3 Å². The van der Waals surface area contributed by atoms with Crippen LogP contribution in [0.25, 0.3) is 10.2 Å². The second kappa shape index (κ2) is 12.9. The molecule has 5 rings (SSSR count). The van der Waals surface area contributed by atoms with Crippen LogP contribution in [-0.4, -0.2) is 85.5 Å². The third-order valence-corrected chi connectivity index (χ3v) is 10.5. The molecule has 1 aromatic heterocycles. The third kappa shape index (κ3) is 6.27. The van der Waals surface area contributed by atoms with Crippen LogP contribution < -0.4 is 14.8 Å². The van der Waals surface area contributed by atoms with Crippen molar-refractivity contribution in [2.75, 3.05) is 39.2 Å². The zero-order valence-corrected chi connectivity index (χ0v) is 26.4. The van der Waals surface area contributed by atoms with Gasteiger partial charge in [0.1, 0.15) is 11.9 Å². The number of methoxy groups -OCH3 is 1. The fourth-order valence-electron chi connectivity index (χ4n) is 4.98. The van der Waals surface area contributed by atoms with Gasteiger partial charge in [0.25, 0.3) is 11.8 Å². The number of benzene rings is 3. The molecule has 232 valence electrons. The Bertz CT molecular complexity index is 1740. The molecular weight excluding hydrogens is 604 g/mol. The fourth-order valence-corrected chi connectivity index (χ4v) is 7.03. The summed E-state index contributed by atoms with van der Waals surface area (Å²) < 4.78 is 40.7. The summed E-state index contributed by atoms with van der Waals surface area (Å²) in [6, 6.07) is 17.8. The maximum atomic E-state index is 13.8. The van der Waals surface area contributed by atoms with E-state index in [1.807, 2.05) is 31.2 Å². The minimum absolute atomic E-state index is 0.0509. The Morgan fingerprint density at radius 2 is 1.91 bits per heavy atom. The summed E-state index contributed by atoms with van der Waals surface area (Å²) in [6.07, 6.45) is -0.728. The number of para-hydroxylation sites is 2. The standard InChI is InChI=1S/C31H34N4O7S2/c1-19-16-35(20(2)18-36)31(38)23-8-7-10-25(32-29(37)30-33-24-9-5-6-11-27(24)43-30)28(23)42-26(19)17-34(3)44(39,40)22-14-12-21(41-4)13-15-22/h5-15,19-20,26,36H,16-18H2,1-4H3,(H,32,37)/t19-,20+,26+/m0/s1. The van der Waals surface area contributed by atoms with E-state index < -0.39 is 28.1 Å². The molecule has 3 atom stereocenters. The molecule has 3 aromatic carbocycles. The summed E-state index contributed by atoms with van der Waals surface area (Å²) in [5, 5.41) is 13.0. The lowest BCUT2D eigenvalue weighted by Crippen LogP contribution is -2.50. The summed E-state index contributed by atoms with van der Waals surface area (Å²) in [6.45, 7) is 3.49. The first-order valence-corrected chi connectivity index (χ1v) is 16.3. The lowest BCUT2D eigenvalue weighted by atomic mass is 9.99. The number of hydrogen-bond acceptors (Lipinski definition) is 9. The summed E-state index contributed by atoms with van der Waals surface area (Å²) in [5.41, 5.74) is 1.13. The molecule has 0 unspecified atom stereocenters.